The molecule has 15 heavy (non-hydrogen) atoms. The topological polar surface area (TPSA) is 24.9 Å². The van der Waals surface area contributed by atoms with E-state index in [4.69, 9.17) is 0 Å². The number of nitrogens with zero attached hydrogens (tertiary/aromatic N) is 1. The Kier molecular flexibility index (Phi) is 4.53. The normalized spacial score (nSPS) is 12.0. The molecule has 0 spiro atoms. The van der Waals surface area contributed by atoms with E-state index < -0.39 is 12.6 Å². The first-order valence-corrected chi connectivity index (χ1v) is 5.60. The molecular formula is C9H13F3N2S. The summed E-state index contributed by atoms with van der Waals surface area (Å²) in [5.74, 6) is 0. The molecule has 1 rings (SSSR count). The second-order valence-corrected chi connectivity index (χ2v) is 4.07. The van der Waals surface area contributed by atoms with Crippen LogP contribution in [-0.2, 0) is 13.0 Å². The monoisotopic (exact) mass is 238 g/mol. The summed E-state index contributed by atoms with van der Waals surface area (Å²) < 4.78 is 35.4. The average Bonchev–Trinajstić information content (AvgIpc) is 2.59. The van der Waals surface area contributed by atoms with Crippen LogP contribution in [0.4, 0.5) is 13.2 Å². The van der Waals surface area contributed by atoms with Gasteiger partial charge in [0.1, 0.15) is 0 Å². The van der Waals surface area contributed by atoms with Gasteiger partial charge in [-0.1, -0.05) is 6.92 Å². The minimum absolute atomic E-state index is 0.0531. The first kappa shape index (κ1) is 12.4. The van der Waals surface area contributed by atoms with Gasteiger partial charge in [-0.15, -0.1) is 11.3 Å². The lowest BCUT2D eigenvalue weighted by Crippen LogP contribution is -2.21. The van der Waals surface area contributed by atoms with Crippen LogP contribution >= 0.6 is 11.3 Å². The van der Waals surface area contributed by atoms with Crippen molar-refractivity contribution in [1.82, 2.24) is 10.3 Å². The third-order valence-corrected chi connectivity index (χ3v) is 2.84. The molecule has 0 bridgehead atoms. The van der Waals surface area contributed by atoms with Gasteiger partial charge >= 0.3 is 6.18 Å². The SMILES string of the molecule is CCc1nc(CNCCC(F)(F)F)cs1. The number of halogens is 3. The van der Waals surface area contributed by atoms with Crippen LogP contribution in [0, 0.1) is 0 Å². The van der Waals surface area contributed by atoms with E-state index in [0.717, 1.165) is 17.1 Å². The molecule has 0 unspecified atom stereocenters. The minimum Gasteiger partial charge on any atom is -0.311 e. The summed E-state index contributed by atoms with van der Waals surface area (Å²) in [6.45, 7) is 2.36. The Morgan fingerprint density at radius 1 is 1.47 bits per heavy atom. The summed E-state index contributed by atoms with van der Waals surface area (Å²) in [5.41, 5.74) is 0.819. The van der Waals surface area contributed by atoms with Crippen LogP contribution < -0.4 is 5.32 Å². The van der Waals surface area contributed by atoms with Crippen LogP contribution in [0.1, 0.15) is 24.0 Å². The van der Waals surface area contributed by atoms with Crippen molar-refractivity contribution in [3.8, 4) is 0 Å². The predicted octanol–water partition coefficient (Wildman–Crippen LogP) is 2.75. The highest BCUT2D eigenvalue weighted by molar-refractivity contribution is 7.09. The zero-order chi connectivity index (χ0) is 11.3. The molecule has 0 saturated heterocycles. The number of thiazole rings is 1. The van der Waals surface area contributed by atoms with Gasteiger partial charge < -0.3 is 5.32 Å². The second kappa shape index (κ2) is 5.46. The summed E-state index contributed by atoms with van der Waals surface area (Å²) in [5, 5.41) is 5.61. The lowest BCUT2D eigenvalue weighted by molar-refractivity contribution is -0.133. The van der Waals surface area contributed by atoms with Gasteiger partial charge in [-0.3, -0.25) is 0 Å². The quantitative estimate of drug-likeness (QED) is 0.798. The molecule has 0 fully saturated rings. The fraction of sp³-hybridized carbons (Fsp3) is 0.667. The molecular weight excluding hydrogens is 225 g/mol. The summed E-state index contributed by atoms with van der Waals surface area (Å²) in [7, 11) is 0. The second-order valence-electron chi connectivity index (χ2n) is 3.13. The van der Waals surface area contributed by atoms with E-state index >= 15 is 0 Å². The van der Waals surface area contributed by atoms with E-state index in [1.165, 1.54) is 11.3 Å². The molecule has 1 aromatic rings. The Balaban J connectivity index is 2.20. The van der Waals surface area contributed by atoms with Gasteiger partial charge in [0.15, 0.2) is 0 Å². The van der Waals surface area contributed by atoms with Crippen molar-refractivity contribution < 1.29 is 13.2 Å². The van der Waals surface area contributed by atoms with Crippen LogP contribution in [0.25, 0.3) is 0 Å². The fourth-order valence-corrected chi connectivity index (χ4v) is 1.78. The Bertz CT molecular complexity index is 296. The summed E-state index contributed by atoms with van der Waals surface area (Å²) in [6, 6.07) is 0. The first-order valence-electron chi connectivity index (χ1n) is 4.72. The lowest BCUT2D eigenvalue weighted by Gasteiger charge is -2.06. The molecule has 0 saturated carbocycles. The average molecular weight is 238 g/mol. The first-order chi connectivity index (χ1) is 7.01. The van der Waals surface area contributed by atoms with Gasteiger partial charge in [-0.25, -0.2) is 4.98 Å². The standard InChI is InChI=1S/C9H13F3N2S/c1-2-8-14-7(6-15-8)5-13-4-3-9(10,11)12/h6,13H,2-5H2,1H3. The Morgan fingerprint density at radius 2 is 2.20 bits per heavy atom. The van der Waals surface area contributed by atoms with Crippen LogP contribution in [0.5, 0.6) is 0 Å². The Hall–Kier alpha value is -0.620. The lowest BCUT2D eigenvalue weighted by atomic mass is 10.4. The van der Waals surface area contributed by atoms with Crippen molar-refractivity contribution in [1.29, 1.82) is 0 Å². The molecule has 2 nitrogen and oxygen atoms in total. The molecule has 0 atom stereocenters. The highest BCUT2D eigenvalue weighted by atomic mass is 32.1. The van der Waals surface area contributed by atoms with Crippen molar-refractivity contribution in [3.63, 3.8) is 0 Å². The van der Waals surface area contributed by atoms with Gasteiger partial charge in [0.25, 0.3) is 0 Å². The van der Waals surface area contributed by atoms with E-state index in [2.05, 4.69) is 10.3 Å². The molecule has 1 aromatic heterocycles. The summed E-state index contributed by atoms with van der Waals surface area (Å²) >= 11 is 1.54. The van der Waals surface area contributed by atoms with Crippen molar-refractivity contribution in [2.45, 2.75) is 32.5 Å². The highest BCUT2D eigenvalue weighted by Crippen LogP contribution is 2.18. The molecule has 0 aliphatic carbocycles. The number of alkyl halides is 3. The molecule has 0 radical (unpaired) electrons. The molecule has 0 amide bonds. The number of hydrogen-bond donors (Lipinski definition) is 1. The molecule has 0 aliphatic heterocycles. The molecule has 86 valence electrons. The summed E-state index contributed by atoms with van der Waals surface area (Å²) in [6.07, 6.45) is -4.01. The minimum atomic E-state index is -4.08. The highest BCUT2D eigenvalue weighted by Gasteiger charge is 2.25. The maximum absolute atomic E-state index is 11.8. The van der Waals surface area contributed by atoms with Crippen LogP contribution in [-0.4, -0.2) is 17.7 Å². The zero-order valence-electron chi connectivity index (χ0n) is 8.40. The molecule has 1 N–H and O–H groups in total. The zero-order valence-corrected chi connectivity index (χ0v) is 9.21. The maximum Gasteiger partial charge on any atom is 0.390 e. The van der Waals surface area contributed by atoms with Crippen LogP contribution in [0.2, 0.25) is 0 Å². The number of aryl methyl sites for hydroxylation is 1. The summed E-state index contributed by atoms with van der Waals surface area (Å²) in [4.78, 5) is 4.24. The van der Waals surface area contributed by atoms with Crippen molar-refractivity contribution in [3.05, 3.63) is 16.1 Å². The van der Waals surface area contributed by atoms with Gasteiger partial charge in [-0.2, -0.15) is 13.2 Å². The third kappa shape index (κ3) is 5.13. The number of aromatic nitrogens is 1. The number of rotatable bonds is 5. The maximum atomic E-state index is 11.8. The van der Waals surface area contributed by atoms with Gasteiger partial charge in [0.05, 0.1) is 17.1 Å². The smallest absolute Gasteiger partial charge is 0.311 e. The molecule has 0 aromatic carbocycles. The van der Waals surface area contributed by atoms with Gasteiger partial charge in [0, 0.05) is 18.5 Å². The van der Waals surface area contributed by atoms with Crippen molar-refractivity contribution in [2.24, 2.45) is 0 Å². The Labute approximate surface area is 90.5 Å². The van der Waals surface area contributed by atoms with Crippen LogP contribution in [0.3, 0.4) is 0 Å². The van der Waals surface area contributed by atoms with Crippen molar-refractivity contribution in [2.75, 3.05) is 6.54 Å². The van der Waals surface area contributed by atoms with E-state index in [0.29, 0.717) is 6.54 Å². The largest absolute Gasteiger partial charge is 0.390 e. The van der Waals surface area contributed by atoms with Crippen molar-refractivity contribution >= 4 is 11.3 Å². The van der Waals surface area contributed by atoms with E-state index in [1.54, 1.807) is 0 Å². The fourth-order valence-electron chi connectivity index (χ4n) is 1.04. The van der Waals surface area contributed by atoms with E-state index in [-0.39, 0.29) is 6.54 Å². The number of hydrogen-bond acceptors (Lipinski definition) is 3. The molecule has 1 heterocycles. The predicted molar refractivity (Wildman–Crippen MR) is 53.9 cm³/mol. The molecule has 6 heteroatoms. The van der Waals surface area contributed by atoms with Gasteiger partial charge in [0.2, 0.25) is 0 Å². The van der Waals surface area contributed by atoms with Crippen LogP contribution in [0.15, 0.2) is 5.38 Å². The Morgan fingerprint density at radius 3 is 2.73 bits per heavy atom. The number of nitrogens with one attached hydrogen (secondary N) is 1. The van der Waals surface area contributed by atoms with E-state index in [1.807, 2.05) is 12.3 Å². The van der Waals surface area contributed by atoms with E-state index in [9.17, 15) is 13.2 Å². The third-order valence-electron chi connectivity index (χ3n) is 1.79. The molecule has 0 aliphatic rings. The van der Waals surface area contributed by atoms with Gasteiger partial charge in [-0.05, 0) is 6.42 Å².